The zero-order valence-corrected chi connectivity index (χ0v) is 28.8. The Bertz CT molecular complexity index is 2540. The Morgan fingerprint density at radius 2 is 1.48 bits per heavy atom. The van der Waals surface area contributed by atoms with Gasteiger partial charge < -0.3 is 14.9 Å². The molecule has 0 bridgehead atoms. The van der Waals surface area contributed by atoms with E-state index in [9.17, 15) is 36.6 Å². The fraction of sp³-hybridized carbons (Fsp3) is 0.0294. The van der Waals surface area contributed by atoms with Crippen LogP contribution in [0, 0.1) is 6.92 Å². The van der Waals surface area contributed by atoms with Gasteiger partial charge in [-0.2, -0.15) is 0 Å². The average Bonchev–Trinajstić information content (AvgIpc) is 3.41. The molecular formula is C34H24ClN3O9S3. The van der Waals surface area contributed by atoms with E-state index in [1.54, 1.807) is 61.8 Å². The molecule has 16 heteroatoms. The summed E-state index contributed by atoms with van der Waals surface area (Å²) in [6.07, 6.45) is 3.16. The summed E-state index contributed by atoms with van der Waals surface area (Å²) in [5, 5.41) is 21.5. The van der Waals surface area contributed by atoms with E-state index >= 15 is 0 Å². The number of thiophene rings is 1. The van der Waals surface area contributed by atoms with Crippen LogP contribution in [0.25, 0.3) is 21.2 Å². The van der Waals surface area contributed by atoms with Crippen molar-refractivity contribution in [2.24, 2.45) is 0 Å². The van der Waals surface area contributed by atoms with Gasteiger partial charge in [-0.1, -0.05) is 23.7 Å². The minimum atomic E-state index is -4.17. The van der Waals surface area contributed by atoms with Crippen molar-refractivity contribution in [3.63, 3.8) is 0 Å². The summed E-state index contributed by atoms with van der Waals surface area (Å²) in [5.41, 5.74) is 0.789. The molecule has 0 aliphatic carbocycles. The van der Waals surface area contributed by atoms with Crippen molar-refractivity contribution in [1.29, 1.82) is 0 Å². The molecule has 12 nitrogen and oxygen atoms in total. The highest BCUT2D eigenvalue weighted by Crippen LogP contribution is 2.37. The molecule has 50 heavy (non-hydrogen) atoms. The zero-order valence-electron chi connectivity index (χ0n) is 25.6. The number of pyridine rings is 1. The third-order valence-electron chi connectivity index (χ3n) is 7.39. The van der Waals surface area contributed by atoms with E-state index in [-0.39, 0.29) is 20.5 Å². The van der Waals surface area contributed by atoms with Crippen LogP contribution in [0.15, 0.2) is 112 Å². The van der Waals surface area contributed by atoms with Crippen LogP contribution in [0.4, 0.5) is 11.4 Å². The molecular weight excluding hydrogens is 726 g/mol. The Morgan fingerprint density at radius 3 is 2.18 bits per heavy atom. The Labute approximate surface area is 294 Å². The number of carboxylic acids is 1. The molecule has 0 saturated carbocycles. The van der Waals surface area contributed by atoms with Crippen LogP contribution < -0.4 is 14.2 Å². The summed E-state index contributed by atoms with van der Waals surface area (Å²) < 4.78 is 63.8. The lowest BCUT2D eigenvalue weighted by Gasteiger charge is -2.13. The Balaban J connectivity index is 1.22. The molecule has 6 rings (SSSR count). The highest BCUT2D eigenvalue weighted by Gasteiger charge is 2.25. The normalized spacial score (nSPS) is 11.6. The quantitative estimate of drug-likeness (QED) is 0.0827. The number of aromatic carboxylic acids is 1. The van der Waals surface area contributed by atoms with Gasteiger partial charge >= 0.3 is 11.9 Å². The first-order chi connectivity index (χ1) is 23.7. The molecule has 0 spiro atoms. The zero-order chi connectivity index (χ0) is 35.8. The molecule has 0 amide bonds. The predicted molar refractivity (Wildman–Crippen MR) is 189 cm³/mol. The SMILES string of the molecule is Cc1c(S(=O)(=O)Nc2ccc(C(=O)O)c(OC(=O)c3ccc(NS(=O)(=O)c4cccc(-c5ccncc5)c4)cc3O)c2)sc2ccc(Cl)cc12. The van der Waals surface area contributed by atoms with Gasteiger partial charge in [-0.25, -0.2) is 26.4 Å². The number of phenolic OH excluding ortho intramolecular Hbond substituents is 1. The monoisotopic (exact) mass is 749 g/mol. The van der Waals surface area contributed by atoms with Gasteiger partial charge in [0, 0.05) is 34.2 Å². The summed E-state index contributed by atoms with van der Waals surface area (Å²) in [5.74, 6) is -3.85. The van der Waals surface area contributed by atoms with Crippen molar-refractivity contribution in [3.8, 4) is 22.6 Å². The van der Waals surface area contributed by atoms with Crippen LogP contribution in [-0.2, 0) is 20.0 Å². The van der Waals surface area contributed by atoms with Crippen LogP contribution >= 0.6 is 22.9 Å². The van der Waals surface area contributed by atoms with Crippen molar-refractivity contribution in [2.45, 2.75) is 16.0 Å². The van der Waals surface area contributed by atoms with Gasteiger partial charge in [-0.15, -0.1) is 11.3 Å². The number of anilines is 2. The van der Waals surface area contributed by atoms with E-state index in [1.807, 2.05) is 0 Å². The molecule has 0 radical (unpaired) electrons. The van der Waals surface area contributed by atoms with E-state index in [0.717, 1.165) is 41.2 Å². The maximum absolute atomic E-state index is 13.4. The van der Waals surface area contributed by atoms with Gasteiger partial charge in [0.25, 0.3) is 20.0 Å². The molecule has 254 valence electrons. The number of carbonyl (C=O) groups excluding carboxylic acids is 1. The number of hydrogen-bond donors (Lipinski definition) is 4. The second kappa shape index (κ2) is 13.4. The maximum Gasteiger partial charge on any atom is 0.347 e. The Hall–Kier alpha value is -5.48. The largest absolute Gasteiger partial charge is 0.507 e. The molecule has 2 aromatic heterocycles. The van der Waals surface area contributed by atoms with Gasteiger partial charge in [-0.3, -0.25) is 14.4 Å². The van der Waals surface area contributed by atoms with Crippen LogP contribution in [0.2, 0.25) is 5.02 Å². The summed E-state index contributed by atoms with van der Waals surface area (Å²) in [6.45, 7) is 1.63. The molecule has 0 aliphatic heterocycles. The first-order valence-electron chi connectivity index (χ1n) is 14.4. The van der Waals surface area contributed by atoms with E-state index < -0.39 is 54.6 Å². The first kappa shape index (κ1) is 34.4. The fourth-order valence-electron chi connectivity index (χ4n) is 5.00. The second-order valence-electron chi connectivity index (χ2n) is 10.8. The van der Waals surface area contributed by atoms with Gasteiger partial charge in [0.2, 0.25) is 0 Å². The van der Waals surface area contributed by atoms with Crippen molar-refractivity contribution in [3.05, 3.63) is 125 Å². The lowest BCUT2D eigenvalue weighted by atomic mass is 10.1. The summed E-state index contributed by atoms with van der Waals surface area (Å²) in [7, 11) is -8.30. The Kier molecular flexibility index (Phi) is 9.24. The highest BCUT2D eigenvalue weighted by molar-refractivity contribution is 7.95. The van der Waals surface area contributed by atoms with Crippen molar-refractivity contribution in [1.82, 2.24) is 4.98 Å². The molecule has 0 atom stereocenters. The van der Waals surface area contributed by atoms with E-state index in [2.05, 4.69) is 14.4 Å². The predicted octanol–water partition coefficient (Wildman–Crippen LogP) is 7.15. The number of phenols is 1. The number of hydrogen-bond acceptors (Lipinski definition) is 10. The molecule has 0 unspecified atom stereocenters. The number of nitrogens with zero attached hydrogens (tertiary/aromatic N) is 1. The standard InChI is InChI=1S/C34H24ClN3O9S3/c1-19-28-16-22(35)5-10-31(28)48-34(19)50(45,46)38-24-7-9-27(32(40)41)30(18-24)47-33(42)26-8-6-23(17-29(26)39)37-49(43,44)25-4-2-3-21(15-25)20-11-13-36-14-12-20/h2-18,37-39H,1H3,(H,40,41). The van der Waals surface area contributed by atoms with Crippen molar-refractivity contribution in [2.75, 3.05) is 9.44 Å². The molecule has 4 aromatic carbocycles. The number of sulfonamides is 2. The lowest BCUT2D eigenvalue weighted by Crippen LogP contribution is -2.15. The number of aromatic hydroxyl groups is 1. The average molecular weight is 750 g/mol. The van der Waals surface area contributed by atoms with Crippen molar-refractivity contribution >= 4 is 76.4 Å². The summed E-state index contributed by atoms with van der Waals surface area (Å²) in [6, 6.07) is 21.2. The smallest absolute Gasteiger partial charge is 0.347 e. The lowest BCUT2D eigenvalue weighted by molar-refractivity contribution is 0.0681. The number of carbonyl (C=O) groups is 2. The Morgan fingerprint density at radius 1 is 0.800 bits per heavy atom. The summed E-state index contributed by atoms with van der Waals surface area (Å²) in [4.78, 5) is 29.0. The van der Waals surface area contributed by atoms with Gasteiger partial charge in [0.15, 0.2) is 0 Å². The van der Waals surface area contributed by atoms with Crippen LogP contribution in [-0.4, -0.2) is 44.0 Å². The van der Waals surface area contributed by atoms with Gasteiger partial charge in [-0.05, 0) is 95.7 Å². The minimum Gasteiger partial charge on any atom is -0.507 e. The number of ether oxygens (including phenoxy) is 1. The number of benzene rings is 4. The number of esters is 1. The fourth-order valence-corrected chi connectivity index (χ4v) is 9.06. The number of halogens is 1. The van der Waals surface area contributed by atoms with Gasteiger partial charge in [0.05, 0.1) is 16.3 Å². The van der Waals surface area contributed by atoms with E-state index in [0.29, 0.717) is 26.2 Å². The number of fused-ring (bicyclic) bond motifs is 1. The molecule has 0 fully saturated rings. The number of carboxylic acid groups (broad SMARTS) is 1. The topological polar surface area (TPSA) is 189 Å². The first-order valence-corrected chi connectivity index (χ1v) is 18.6. The molecule has 0 aliphatic rings. The summed E-state index contributed by atoms with van der Waals surface area (Å²) >= 11 is 7.10. The highest BCUT2D eigenvalue weighted by atomic mass is 35.5. The number of nitrogens with one attached hydrogen (secondary N) is 2. The third kappa shape index (κ3) is 7.11. The minimum absolute atomic E-state index is 0.0118. The number of aryl methyl sites for hydroxylation is 1. The molecule has 6 aromatic rings. The second-order valence-corrected chi connectivity index (χ2v) is 15.8. The van der Waals surface area contributed by atoms with Crippen molar-refractivity contribution < 1.29 is 41.4 Å². The van der Waals surface area contributed by atoms with Crippen LogP contribution in [0.3, 0.4) is 0 Å². The number of aromatic nitrogens is 1. The molecule has 4 N–H and O–H groups in total. The maximum atomic E-state index is 13.4. The molecule has 2 heterocycles. The molecule has 0 saturated heterocycles. The number of rotatable bonds is 10. The van der Waals surface area contributed by atoms with E-state index in [1.165, 1.54) is 24.3 Å². The third-order valence-corrected chi connectivity index (χ3v) is 12.3. The van der Waals surface area contributed by atoms with Gasteiger partial charge in [0.1, 0.15) is 26.8 Å². The van der Waals surface area contributed by atoms with Crippen LogP contribution in [0.5, 0.6) is 11.5 Å². The van der Waals surface area contributed by atoms with Crippen LogP contribution in [0.1, 0.15) is 26.3 Å². The van der Waals surface area contributed by atoms with E-state index in [4.69, 9.17) is 16.3 Å².